The van der Waals surface area contributed by atoms with Crippen LogP contribution >= 0.6 is 11.5 Å². The molecule has 2 rings (SSSR count). The number of amides is 1. The number of nitrogens with two attached hydrogens (primary N) is 1. The molecular formula is C8H7N5OS. The molecule has 0 saturated carbocycles. The number of hydrogen-bond acceptors (Lipinski definition) is 6. The molecule has 0 bridgehead atoms. The van der Waals surface area contributed by atoms with Gasteiger partial charge in [-0.15, -0.1) is 5.10 Å². The molecule has 0 aliphatic rings. The molecule has 0 aliphatic heterocycles. The number of nitrogens with zero attached hydrogens (tertiary/aromatic N) is 3. The van der Waals surface area contributed by atoms with Gasteiger partial charge in [-0.3, -0.25) is 9.78 Å². The molecule has 15 heavy (non-hydrogen) atoms. The van der Waals surface area contributed by atoms with E-state index in [0.29, 0.717) is 16.3 Å². The van der Waals surface area contributed by atoms with Crippen molar-refractivity contribution < 1.29 is 4.79 Å². The molecule has 2 heterocycles. The first-order valence-corrected chi connectivity index (χ1v) is 4.83. The molecule has 1 amide bonds. The number of nitrogens with one attached hydrogen (secondary N) is 1. The van der Waals surface area contributed by atoms with Crippen LogP contribution in [-0.4, -0.2) is 20.5 Å². The van der Waals surface area contributed by atoms with Crippen LogP contribution in [-0.2, 0) is 0 Å². The van der Waals surface area contributed by atoms with Crippen molar-refractivity contribution in [3.63, 3.8) is 0 Å². The summed E-state index contributed by atoms with van der Waals surface area (Å²) in [4.78, 5) is 15.5. The lowest BCUT2D eigenvalue weighted by atomic mass is 10.2. The van der Waals surface area contributed by atoms with E-state index >= 15 is 0 Å². The standard InChI is InChI=1S/C8H7N5OS/c9-6-3-10-2-1-5(6)8(14)12-7-4-11-13-15-7/h1-4H,9H2,(H,12,14). The Balaban J connectivity index is 2.19. The summed E-state index contributed by atoms with van der Waals surface area (Å²) in [6.07, 6.45) is 4.41. The summed E-state index contributed by atoms with van der Waals surface area (Å²) in [7, 11) is 0. The van der Waals surface area contributed by atoms with Crippen molar-refractivity contribution in [1.82, 2.24) is 14.6 Å². The Bertz CT molecular complexity index is 470. The van der Waals surface area contributed by atoms with Crippen molar-refractivity contribution in [2.45, 2.75) is 0 Å². The fourth-order valence-electron chi connectivity index (χ4n) is 1.01. The second kappa shape index (κ2) is 4.01. The van der Waals surface area contributed by atoms with E-state index in [1.165, 1.54) is 18.6 Å². The maximum absolute atomic E-state index is 11.7. The Hall–Kier alpha value is -2.02. The summed E-state index contributed by atoms with van der Waals surface area (Å²) < 4.78 is 3.62. The molecule has 7 heteroatoms. The van der Waals surface area contributed by atoms with Gasteiger partial charge < -0.3 is 11.1 Å². The zero-order valence-corrected chi connectivity index (χ0v) is 8.36. The second-order valence-electron chi connectivity index (χ2n) is 2.70. The number of hydrogen-bond donors (Lipinski definition) is 2. The van der Waals surface area contributed by atoms with Gasteiger partial charge in [0.05, 0.1) is 23.6 Å². The number of carbonyl (C=O) groups excluding carboxylic acids is 1. The first kappa shape index (κ1) is 9.53. The van der Waals surface area contributed by atoms with Crippen molar-refractivity contribution in [2.75, 3.05) is 11.1 Å². The van der Waals surface area contributed by atoms with Gasteiger partial charge in [0.15, 0.2) is 0 Å². The third-order valence-electron chi connectivity index (χ3n) is 1.69. The van der Waals surface area contributed by atoms with Gasteiger partial charge in [0.1, 0.15) is 5.00 Å². The molecule has 0 spiro atoms. The number of aromatic nitrogens is 3. The fourth-order valence-corrected chi connectivity index (χ4v) is 1.43. The Labute approximate surface area is 89.3 Å². The van der Waals surface area contributed by atoms with E-state index in [-0.39, 0.29) is 5.91 Å². The summed E-state index contributed by atoms with van der Waals surface area (Å²) in [6, 6.07) is 1.55. The smallest absolute Gasteiger partial charge is 0.258 e. The molecule has 6 nitrogen and oxygen atoms in total. The SMILES string of the molecule is Nc1cnccc1C(=O)Nc1cnns1. The van der Waals surface area contributed by atoms with Gasteiger partial charge in [-0.05, 0) is 6.07 Å². The highest BCUT2D eigenvalue weighted by Crippen LogP contribution is 2.14. The summed E-state index contributed by atoms with van der Waals surface area (Å²) in [5.41, 5.74) is 6.33. The normalized spacial score (nSPS) is 9.87. The molecule has 3 N–H and O–H groups in total. The lowest BCUT2D eigenvalue weighted by molar-refractivity contribution is 0.102. The maximum Gasteiger partial charge on any atom is 0.258 e. The van der Waals surface area contributed by atoms with Crippen molar-refractivity contribution in [2.24, 2.45) is 0 Å². The summed E-state index contributed by atoms with van der Waals surface area (Å²) in [6.45, 7) is 0. The van der Waals surface area contributed by atoms with Crippen molar-refractivity contribution in [3.8, 4) is 0 Å². The monoisotopic (exact) mass is 221 g/mol. The van der Waals surface area contributed by atoms with Crippen LogP contribution in [0, 0.1) is 0 Å². The van der Waals surface area contributed by atoms with E-state index in [1.54, 1.807) is 6.07 Å². The van der Waals surface area contributed by atoms with E-state index in [2.05, 4.69) is 19.9 Å². The molecule has 2 aromatic heterocycles. The van der Waals surface area contributed by atoms with Crippen LogP contribution in [0.1, 0.15) is 10.4 Å². The van der Waals surface area contributed by atoms with Crippen LogP contribution < -0.4 is 11.1 Å². The first-order valence-electron chi connectivity index (χ1n) is 4.05. The van der Waals surface area contributed by atoms with Crippen LogP contribution in [0.15, 0.2) is 24.7 Å². The molecule has 0 fully saturated rings. The van der Waals surface area contributed by atoms with Gasteiger partial charge in [0.2, 0.25) is 0 Å². The highest BCUT2D eigenvalue weighted by molar-refractivity contribution is 7.10. The van der Waals surface area contributed by atoms with Crippen LogP contribution in [0.4, 0.5) is 10.7 Å². The third-order valence-corrected chi connectivity index (χ3v) is 2.27. The first-order chi connectivity index (χ1) is 7.27. The average Bonchev–Trinajstić information content (AvgIpc) is 2.71. The van der Waals surface area contributed by atoms with E-state index in [4.69, 9.17) is 5.73 Å². The zero-order valence-electron chi connectivity index (χ0n) is 7.54. The molecule has 0 aliphatic carbocycles. The Morgan fingerprint density at radius 2 is 2.33 bits per heavy atom. The molecule has 0 unspecified atom stereocenters. The Kier molecular flexibility index (Phi) is 2.55. The van der Waals surface area contributed by atoms with E-state index < -0.39 is 0 Å². The minimum absolute atomic E-state index is 0.291. The maximum atomic E-state index is 11.7. The van der Waals surface area contributed by atoms with Crippen LogP contribution in [0.2, 0.25) is 0 Å². The van der Waals surface area contributed by atoms with Gasteiger partial charge in [-0.1, -0.05) is 4.49 Å². The predicted octanol–water partition coefficient (Wildman–Crippen LogP) is 0.768. The second-order valence-corrected chi connectivity index (χ2v) is 3.48. The Morgan fingerprint density at radius 3 is 3.00 bits per heavy atom. The number of anilines is 2. The predicted molar refractivity (Wildman–Crippen MR) is 56.5 cm³/mol. The average molecular weight is 221 g/mol. The topological polar surface area (TPSA) is 93.8 Å². The minimum atomic E-state index is -0.291. The summed E-state index contributed by atoms with van der Waals surface area (Å²) in [5.74, 6) is -0.291. The number of carbonyl (C=O) groups is 1. The molecule has 0 atom stereocenters. The molecule has 0 aromatic carbocycles. The fraction of sp³-hybridized carbons (Fsp3) is 0. The van der Waals surface area contributed by atoms with Gasteiger partial charge in [0.25, 0.3) is 5.91 Å². The van der Waals surface area contributed by atoms with Crippen molar-refractivity contribution in [3.05, 3.63) is 30.2 Å². The molecule has 2 aromatic rings. The van der Waals surface area contributed by atoms with Crippen LogP contribution in [0.3, 0.4) is 0 Å². The molecule has 0 saturated heterocycles. The van der Waals surface area contributed by atoms with Crippen LogP contribution in [0.25, 0.3) is 0 Å². The number of rotatable bonds is 2. The van der Waals surface area contributed by atoms with Crippen molar-refractivity contribution in [1.29, 1.82) is 0 Å². The molecule has 0 radical (unpaired) electrons. The van der Waals surface area contributed by atoms with Gasteiger partial charge in [-0.2, -0.15) is 0 Å². The van der Waals surface area contributed by atoms with Crippen LogP contribution in [0.5, 0.6) is 0 Å². The van der Waals surface area contributed by atoms with Gasteiger partial charge in [0, 0.05) is 17.7 Å². The Morgan fingerprint density at radius 1 is 1.47 bits per heavy atom. The number of pyridine rings is 1. The lowest BCUT2D eigenvalue weighted by Crippen LogP contribution is -2.13. The van der Waals surface area contributed by atoms with Gasteiger partial charge in [-0.25, -0.2) is 0 Å². The lowest BCUT2D eigenvalue weighted by Gasteiger charge is -2.03. The quantitative estimate of drug-likeness (QED) is 0.781. The van der Waals surface area contributed by atoms with E-state index in [1.807, 2.05) is 0 Å². The van der Waals surface area contributed by atoms with Crippen molar-refractivity contribution >= 4 is 28.1 Å². The van der Waals surface area contributed by atoms with Gasteiger partial charge >= 0.3 is 0 Å². The van der Waals surface area contributed by atoms with E-state index in [0.717, 1.165) is 11.5 Å². The third kappa shape index (κ3) is 2.08. The summed E-state index contributed by atoms with van der Waals surface area (Å²) >= 11 is 1.10. The largest absolute Gasteiger partial charge is 0.397 e. The number of nitrogen functional groups attached to an aromatic ring is 1. The highest BCUT2D eigenvalue weighted by atomic mass is 32.1. The minimum Gasteiger partial charge on any atom is -0.397 e. The zero-order chi connectivity index (χ0) is 10.7. The van der Waals surface area contributed by atoms with E-state index in [9.17, 15) is 4.79 Å². The molecular weight excluding hydrogens is 214 g/mol. The summed E-state index contributed by atoms with van der Waals surface area (Å²) in [5, 5.41) is 6.81. The highest BCUT2D eigenvalue weighted by Gasteiger charge is 2.10. The molecule has 76 valence electrons.